The van der Waals surface area contributed by atoms with Crippen LogP contribution in [0.3, 0.4) is 0 Å². The van der Waals surface area contributed by atoms with Crippen LogP contribution in [0.1, 0.15) is 16.5 Å². The Morgan fingerprint density at radius 3 is 2.86 bits per heavy atom. The predicted molar refractivity (Wildman–Crippen MR) is 54.5 cm³/mol. The maximum absolute atomic E-state index is 13.2. The molecule has 0 saturated carbocycles. The minimum atomic E-state index is -0.492. The Morgan fingerprint density at radius 1 is 1.36 bits per heavy atom. The maximum atomic E-state index is 13.2. The summed E-state index contributed by atoms with van der Waals surface area (Å²) in [6.07, 6.45) is 1.42. The van der Waals surface area contributed by atoms with E-state index in [1.807, 2.05) is 17.5 Å². The highest BCUT2D eigenvalue weighted by atomic mass is 32.1. The molecule has 0 radical (unpaired) electrons. The number of aromatic nitrogens is 1. The summed E-state index contributed by atoms with van der Waals surface area (Å²) in [5, 5.41) is 1.92. The van der Waals surface area contributed by atoms with E-state index in [9.17, 15) is 4.39 Å². The summed E-state index contributed by atoms with van der Waals surface area (Å²) in [6.45, 7) is 0. The number of hydrogen-bond acceptors (Lipinski definition) is 3. The third-order valence-electron chi connectivity index (χ3n) is 1.97. The summed E-state index contributed by atoms with van der Waals surface area (Å²) in [5.74, 6) is -0.492. The van der Waals surface area contributed by atoms with Gasteiger partial charge in [0.15, 0.2) is 0 Å². The van der Waals surface area contributed by atoms with Crippen molar-refractivity contribution in [3.05, 3.63) is 52.2 Å². The van der Waals surface area contributed by atoms with E-state index in [1.165, 1.54) is 17.5 Å². The molecule has 0 aliphatic carbocycles. The van der Waals surface area contributed by atoms with Crippen molar-refractivity contribution in [2.45, 2.75) is 6.04 Å². The number of nitrogens with two attached hydrogens (primary N) is 1. The lowest BCUT2D eigenvalue weighted by atomic mass is 10.1. The molecular formula is C10H9FN2S. The van der Waals surface area contributed by atoms with Gasteiger partial charge in [-0.2, -0.15) is 4.39 Å². The number of rotatable bonds is 2. The molecule has 0 unspecified atom stereocenters. The minimum absolute atomic E-state index is 0.413. The summed E-state index contributed by atoms with van der Waals surface area (Å²) in [4.78, 5) is 4.51. The van der Waals surface area contributed by atoms with Crippen LogP contribution in [-0.4, -0.2) is 4.98 Å². The number of hydrogen-bond donors (Lipinski definition) is 1. The molecule has 2 rings (SSSR count). The number of nitrogens with zero attached hydrogens (tertiary/aromatic N) is 1. The van der Waals surface area contributed by atoms with Crippen LogP contribution in [0.2, 0.25) is 0 Å². The molecule has 4 heteroatoms. The van der Waals surface area contributed by atoms with Gasteiger partial charge in [-0.05, 0) is 17.5 Å². The average molecular weight is 208 g/mol. The largest absolute Gasteiger partial charge is 0.319 e. The molecule has 0 amide bonds. The fourth-order valence-corrected chi connectivity index (χ4v) is 2.00. The molecule has 2 heterocycles. The van der Waals surface area contributed by atoms with Crippen LogP contribution < -0.4 is 5.73 Å². The molecule has 0 aliphatic rings. The first-order valence-electron chi connectivity index (χ1n) is 4.18. The molecule has 1 atom stereocenters. The van der Waals surface area contributed by atoms with Gasteiger partial charge in [0.2, 0.25) is 5.95 Å². The van der Waals surface area contributed by atoms with Gasteiger partial charge < -0.3 is 5.73 Å². The van der Waals surface area contributed by atoms with Crippen LogP contribution in [0.15, 0.2) is 35.8 Å². The summed E-state index contributed by atoms with van der Waals surface area (Å²) >= 11 is 1.52. The Morgan fingerprint density at radius 2 is 2.21 bits per heavy atom. The second kappa shape index (κ2) is 3.86. The van der Waals surface area contributed by atoms with E-state index in [1.54, 1.807) is 12.1 Å². The Hall–Kier alpha value is -1.26. The third kappa shape index (κ3) is 1.66. The summed E-state index contributed by atoms with van der Waals surface area (Å²) in [7, 11) is 0. The molecular weight excluding hydrogens is 199 g/mol. The molecule has 0 aliphatic heterocycles. The number of halogens is 1. The third-order valence-corrected chi connectivity index (χ3v) is 2.93. The molecule has 2 nitrogen and oxygen atoms in total. The molecule has 0 spiro atoms. The molecule has 2 aromatic rings. The van der Waals surface area contributed by atoms with Crippen LogP contribution in [-0.2, 0) is 0 Å². The standard InChI is InChI=1S/C10H9FN2S/c11-10-7(3-1-5-13-10)9(12)8-4-2-6-14-8/h1-6,9H,12H2/t9-/m0/s1. The average Bonchev–Trinajstić information content (AvgIpc) is 2.70. The molecule has 2 N–H and O–H groups in total. The summed E-state index contributed by atoms with van der Waals surface area (Å²) in [5.41, 5.74) is 6.33. The topological polar surface area (TPSA) is 38.9 Å². The Labute approximate surface area is 85.2 Å². The van der Waals surface area contributed by atoms with E-state index in [4.69, 9.17) is 5.73 Å². The molecule has 0 saturated heterocycles. The van der Waals surface area contributed by atoms with Gasteiger partial charge in [0.1, 0.15) is 0 Å². The van der Waals surface area contributed by atoms with Gasteiger partial charge in [0, 0.05) is 16.6 Å². The van der Waals surface area contributed by atoms with E-state index < -0.39 is 12.0 Å². The first-order valence-corrected chi connectivity index (χ1v) is 5.06. The van der Waals surface area contributed by atoms with E-state index >= 15 is 0 Å². The summed E-state index contributed by atoms with van der Waals surface area (Å²) < 4.78 is 13.2. The van der Waals surface area contributed by atoms with Crippen molar-refractivity contribution < 1.29 is 4.39 Å². The van der Waals surface area contributed by atoms with Gasteiger partial charge in [0.25, 0.3) is 0 Å². The van der Waals surface area contributed by atoms with Crippen LogP contribution in [0.4, 0.5) is 4.39 Å². The smallest absolute Gasteiger partial charge is 0.217 e. The lowest BCUT2D eigenvalue weighted by molar-refractivity contribution is 0.559. The Kier molecular flexibility index (Phi) is 2.56. The van der Waals surface area contributed by atoms with Crippen molar-refractivity contribution in [1.29, 1.82) is 0 Å². The highest BCUT2D eigenvalue weighted by Crippen LogP contribution is 2.24. The maximum Gasteiger partial charge on any atom is 0.217 e. The second-order valence-corrected chi connectivity index (χ2v) is 3.86. The van der Waals surface area contributed by atoms with Crippen LogP contribution in [0, 0.1) is 5.95 Å². The van der Waals surface area contributed by atoms with Crippen molar-refractivity contribution in [1.82, 2.24) is 4.98 Å². The van der Waals surface area contributed by atoms with Crippen molar-refractivity contribution in [2.75, 3.05) is 0 Å². The minimum Gasteiger partial charge on any atom is -0.319 e. The molecule has 0 aromatic carbocycles. The van der Waals surface area contributed by atoms with Gasteiger partial charge in [0.05, 0.1) is 6.04 Å². The van der Waals surface area contributed by atoms with E-state index in [0.717, 1.165) is 4.88 Å². The number of pyridine rings is 1. The molecule has 72 valence electrons. The van der Waals surface area contributed by atoms with Crippen molar-refractivity contribution in [3.8, 4) is 0 Å². The van der Waals surface area contributed by atoms with Crippen molar-refractivity contribution in [3.63, 3.8) is 0 Å². The van der Waals surface area contributed by atoms with E-state index in [2.05, 4.69) is 4.98 Å². The lowest BCUT2D eigenvalue weighted by Crippen LogP contribution is -2.12. The van der Waals surface area contributed by atoms with Crippen molar-refractivity contribution >= 4 is 11.3 Å². The Bertz CT molecular complexity index is 414. The molecule has 0 fully saturated rings. The molecule has 14 heavy (non-hydrogen) atoms. The second-order valence-electron chi connectivity index (χ2n) is 2.88. The monoisotopic (exact) mass is 208 g/mol. The fourth-order valence-electron chi connectivity index (χ4n) is 1.25. The zero-order valence-electron chi connectivity index (χ0n) is 7.35. The van der Waals surface area contributed by atoms with Crippen LogP contribution in [0.25, 0.3) is 0 Å². The van der Waals surface area contributed by atoms with Gasteiger partial charge in [-0.25, -0.2) is 4.98 Å². The summed E-state index contributed by atoms with van der Waals surface area (Å²) in [6, 6.07) is 6.72. The molecule has 2 aromatic heterocycles. The van der Waals surface area contributed by atoms with Crippen molar-refractivity contribution in [2.24, 2.45) is 5.73 Å². The van der Waals surface area contributed by atoms with Gasteiger partial charge in [-0.3, -0.25) is 0 Å². The van der Waals surface area contributed by atoms with E-state index in [0.29, 0.717) is 5.56 Å². The first-order chi connectivity index (χ1) is 6.79. The normalized spacial score (nSPS) is 12.7. The number of thiophene rings is 1. The zero-order chi connectivity index (χ0) is 9.97. The van der Waals surface area contributed by atoms with Gasteiger partial charge in [-0.15, -0.1) is 11.3 Å². The highest BCUT2D eigenvalue weighted by molar-refractivity contribution is 7.10. The quantitative estimate of drug-likeness (QED) is 0.769. The molecule has 0 bridgehead atoms. The van der Waals surface area contributed by atoms with Gasteiger partial charge >= 0.3 is 0 Å². The van der Waals surface area contributed by atoms with Crippen LogP contribution >= 0.6 is 11.3 Å². The highest BCUT2D eigenvalue weighted by Gasteiger charge is 2.14. The first kappa shape index (κ1) is 9.30. The fraction of sp³-hybridized carbons (Fsp3) is 0.100. The zero-order valence-corrected chi connectivity index (χ0v) is 8.17. The predicted octanol–water partition coefficient (Wildman–Crippen LogP) is 2.33. The Balaban J connectivity index is 2.37. The SMILES string of the molecule is N[C@H](c1cccs1)c1cccnc1F. The lowest BCUT2D eigenvalue weighted by Gasteiger charge is -2.09. The van der Waals surface area contributed by atoms with Crippen LogP contribution in [0.5, 0.6) is 0 Å². The van der Waals surface area contributed by atoms with E-state index in [-0.39, 0.29) is 0 Å². The van der Waals surface area contributed by atoms with Gasteiger partial charge in [-0.1, -0.05) is 12.1 Å².